The quantitative estimate of drug-likeness (QED) is 0.822. The van der Waals surface area contributed by atoms with Crippen molar-refractivity contribution in [1.29, 1.82) is 0 Å². The van der Waals surface area contributed by atoms with Crippen LogP contribution in [0.5, 0.6) is 0 Å². The largest absolute Gasteiger partial charge is 0.390 e. The van der Waals surface area contributed by atoms with Crippen LogP contribution >= 0.6 is 0 Å². The summed E-state index contributed by atoms with van der Waals surface area (Å²) < 4.78 is 5.54. The van der Waals surface area contributed by atoms with Crippen LogP contribution in [0.25, 0.3) is 0 Å². The van der Waals surface area contributed by atoms with Crippen molar-refractivity contribution in [3.8, 4) is 0 Å². The van der Waals surface area contributed by atoms with E-state index in [9.17, 15) is 5.11 Å². The zero-order valence-electron chi connectivity index (χ0n) is 11.4. The molecule has 0 aromatic heterocycles. The highest BCUT2D eigenvalue weighted by molar-refractivity contribution is 5.29. The average molecular weight is 236 g/mol. The molecule has 0 radical (unpaired) electrons. The van der Waals surface area contributed by atoms with Gasteiger partial charge in [0.2, 0.25) is 0 Å². The number of ether oxygens (including phenoxy) is 1. The van der Waals surface area contributed by atoms with Gasteiger partial charge in [0.25, 0.3) is 0 Å². The molecule has 0 saturated heterocycles. The van der Waals surface area contributed by atoms with Gasteiger partial charge in [-0.2, -0.15) is 0 Å². The number of aliphatic hydroxyl groups excluding tert-OH is 1. The molecule has 2 unspecified atom stereocenters. The van der Waals surface area contributed by atoms with Crippen molar-refractivity contribution in [2.45, 2.75) is 52.7 Å². The third kappa shape index (κ3) is 4.49. The summed E-state index contributed by atoms with van der Waals surface area (Å²) in [5.74, 6) is 0. The van der Waals surface area contributed by atoms with Gasteiger partial charge < -0.3 is 9.84 Å². The monoisotopic (exact) mass is 236 g/mol. The molecule has 1 aromatic rings. The van der Waals surface area contributed by atoms with Crippen LogP contribution in [0.15, 0.2) is 18.2 Å². The molecule has 0 heterocycles. The number of aryl methyl sites for hydroxylation is 2. The van der Waals surface area contributed by atoms with Gasteiger partial charge >= 0.3 is 0 Å². The lowest BCUT2D eigenvalue weighted by Gasteiger charge is -2.21. The molecule has 2 atom stereocenters. The smallest absolute Gasteiger partial charge is 0.0841 e. The van der Waals surface area contributed by atoms with E-state index in [0.29, 0.717) is 13.0 Å². The van der Waals surface area contributed by atoms with Crippen molar-refractivity contribution < 1.29 is 9.84 Å². The molecule has 0 spiro atoms. The molecule has 0 aliphatic carbocycles. The third-order valence-electron chi connectivity index (χ3n) is 2.94. The fourth-order valence-corrected chi connectivity index (χ4v) is 2.27. The standard InChI is InChI=1S/C15H24O2/c1-5-15(17-6-2)14(16)10-13-8-11(3)7-12(4)9-13/h7-9,14-16H,5-6,10H2,1-4H3. The molecule has 1 rings (SSSR count). The molecule has 0 aliphatic heterocycles. The van der Waals surface area contributed by atoms with Crippen LogP contribution in [-0.4, -0.2) is 23.9 Å². The van der Waals surface area contributed by atoms with Crippen LogP contribution in [0.2, 0.25) is 0 Å². The summed E-state index contributed by atoms with van der Waals surface area (Å²) in [5, 5.41) is 10.2. The van der Waals surface area contributed by atoms with Crippen molar-refractivity contribution in [2.75, 3.05) is 6.61 Å². The highest BCUT2D eigenvalue weighted by Crippen LogP contribution is 2.14. The zero-order chi connectivity index (χ0) is 12.8. The minimum atomic E-state index is -0.416. The second-order valence-corrected chi connectivity index (χ2v) is 4.67. The van der Waals surface area contributed by atoms with Crippen molar-refractivity contribution in [3.05, 3.63) is 34.9 Å². The van der Waals surface area contributed by atoms with Crippen LogP contribution in [0.1, 0.15) is 37.0 Å². The molecule has 0 saturated carbocycles. The molecule has 1 aromatic carbocycles. The Morgan fingerprint density at radius 1 is 1.12 bits per heavy atom. The first-order chi connectivity index (χ1) is 8.06. The Bertz CT molecular complexity index is 327. The Balaban J connectivity index is 2.68. The summed E-state index contributed by atoms with van der Waals surface area (Å²) in [5.41, 5.74) is 3.68. The van der Waals surface area contributed by atoms with E-state index in [4.69, 9.17) is 4.74 Å². The lowest BCUT2D eigenvalue weighted by Crippen LogP contribution is -2.30. The number of hydrogen-bond acceptors (Lipinski definition) is 2. The summed E-state index contributed by atoms with van der Waals surface area (Å²) in [6.45, 7) is 8.84. The van der Waals surface area contributed by atoms with Crippen molar-refractivity contribution in [2.24, 2.45) is 0 Å². The third-order valence-corrected chi connectivity index (χ3v) is 2.94. The molecule has 0 fully saturated rings. The Kier molecular flexibility index (Phi) is 5.66. The second-order valence-electron chi connectivity index (χ2n) is 4.67. The second kappa shape index (κ2) is 6.77. The number of benzene rings is 1. The summed E-state index contributed by atoms with van der Waals surface area (Å²) >= 11 is 0. The summed E-state index contributed by atoms with van der Waals surface area (Å²) in [6, 6.07) is 6.42. The molecule has 0 amide bonds. The van der Waals surface area contributed by atoms with Gasteiger partial charge in [-0.15, -0.1) is 0 Å². The lowest BCUT2D eigenvalue weighted by atomic mass is 9.99. The fraction of sp³-hybridized carbons (Fsp3) is 0.600. The molecule has 0 bridgehead atoms. The molecule has 0 aliphatic rings. The molecular weight excluding hydrogens is 212 g/mol. The maximum atomic E-state index is 10.2. The van der Waals surface area contributed by atoms with Crippen LogP contribution in [0.4, 0.5) is 0 Å². The van der Waals surface area contributed by atoms with E-state index < -0.39 is 6.10 Å². The Hall–Kier alpha value is -0.860. The Morgan fingerprint density at radius 3 is 2.18 bits per heavy atom. The Labute approximate surface area is 105 Å². The highest BCUT2D eigenvalue weighted by atomic mass is 16.5. The SMILES string of the molecule is CCOC(CC)C(O)Cc1cc(C)cc(C)c1. The van der Waals surface area contributed by atoms with E-state index >= 15 is 0 Å². The van der Waals surface area contributed by atoms with Crippen LogP contribution in [0, 0.1) is 13.8 Å². The first-order valence-electron chi connectivity index (χ1n) is 6.43. The van der Waals surface area contributed by atoms with Crippen LogP contribution < -0.4 is 0 Å². The van der Waals surface area contributed by atoms with Gasteiger partial charge in [0.05, 0.1) is 12.2 Å². The van der Waals surface area contributed by atoms with E-state index in [0.717, 1.165) is 6.42 Å². The maximum Gasteiger partial charge on any atom is 0.0841 e. The van der Waals surface area contributed by atoms with Gasteiger partial charge in [-0.05, 0) is 32.8 Å². The average Bonchev–Trinajstić information content (AvgIpc) is 2.24. The maximum absolute atomic E-state index is 10.2. The van der Waals surface area contributed by atoms with E-state index in [1.54, 1.807) is 0 Å². The first-order valence-corrected chi connectivity index (χ1v) is 6.43. The highest BCUT2D eigenvalue weighted by Gasteiger charge is 2.17. The fourth-order valence-electron chi connectivity index (χ4n) is 2.27. The molecule has 2 nitrogen and oxygen atoms in total. The topological polar surface area (TPSA) is 29.5 Å². The molecule has 96 valence electrons. The first kappa shape index (κ1) is 14.2. The van der Waals surface area contributed by atoms with Crippen molar-refractivity contribution >= 4 is 0 Å². The number of rotatable bonds is 6. The number of hydrogen-bond donors (Lipinski definition) is 1. The van der Waals surface area contributed by atoms with E-state index in [1.165, 1.54) is 16.7 Å². The summed E-state index contributed by atoms with van der Waals surface area (Å²) in [6.07, 6.45) is 1.04. The molecule has 1 N–H and O–H groups in total. The predicted octanol–water partition coefficient (Wildman–Crippen LogP) is 3.02. The van der Waals surface area contributed by atoms with Gasteiger partial charge in [0.1, 0.15) is 0 Å². The van der Waals surface area contributed by atoms with Crippen molar-refractivity contribution in [3.63, 3.8) is 0 Å². The molecule has 17 heavy (non-hydrogen) atoms. The minimum absolute atomic E-state index is 0.0548. The Morgan fingerprint density at radius 2 is 1.71 bits per heavy atom. The summed E-state index contributed by atoms with van der Waals surface area (Å²) in [4.78, 5) is 0. The van der Waals surface area contributed by atoms with E-state index in [2.05, 4.69) is 32.0 Å². The van der Waals surface area contributed by atoms with E-state index in [1.807, 2.05) is 13.8 Å². The van der Waals surface area contributed by atoms with Crippen LogP contribution in [0.3, 0.4) is 0 Å². The van der Waals surface area contributed by atoms with Gasteiger partial charge in [-0.1, -0.05) is 36.2 Å². The zero-order valence-corrected chi connectivity index (χ0v) is 11.4. The minimum Gasteiger partial charge on any atom is -0.390 e. The van der Waals surface area contributed by atoms with Crippen LogP contribution in [-0.2, 0) is 11.2 Å². The molecular formula is C15H24O2. The number of aliphatic hydroxyl groups is 1. The normalized spacial score (nSPS) is 14.6. The summed E-state index contributed by atoms with van der Waals surface area (Å²) in [7, 11) is 0. The van der Waals surface area contributed by atoms with E-state index in [-0.39, 0.29) is 6.10 Å². The predicted molar refractivity (Wildman–Crippen MR) is 71.3 cm³/mol. The lowest BCUT2D eigenvalue weighted by molar-refractivity contribution is -0.0334. The van der Waals surface area contributed by atoms with Crippen molar-refractivity contribution in [1.82, 2.24) is 0 Å². The van der Waals surface area contributed by atoms with Gasteiger partial charge in [-0.25, -0.2) is 0 Å². The van der Waals surface area contributed by atoms with Gasteiger partial charge in [-0.3, -0.25) is 0 Å². The van der Waals surface area contributed by atoms with Gasteiger partial charge in [0.15, 0.2) is 0 Å². The molecule has 2 heteroatoms. The van der Waals surface area contributed by atoms with Gasteiger partial charge in [0, 0.05) is 13.0 Å².